The van der Waals surface area contributed by atoms with Crippen molar-refractivity contribution < 1.29 is 4.42 Å². The summed E-state index contributed by atoms with van der Waals surface area (Å²) in [4.78, 5) is 44.9. The Morgan fingerprint density at radius 3 is 0.862 bits per heavy atom. The van der Waals surface area contributed by atoms with E-state index in [0.29, 0.717) is 52.7 Å². The molecule has 28 aromatic rings. The van der Waals surface area contributed by atoms with Crippen molar-refractivity contribution in [1.29, 1.82) is 0 Å². The summed E-state index contributed by atoms with van der Waals surface area (Å²) in [6, 6.07) is 160. The number of hydrogen-bond donors (Lipinski definition) is 0. The zero-order valence-electron chi connectivity index (χ0n) is 74.0. The van der Waals surface area contributed by atoms with Crippen LogP contribution >= 0.6 is 22.7 Å². The van der Waals surface area contributed by atoms with Gasteiger partial charge in [-0.1, -0.05) is 376 Å². The lowest BCUT2D eigenvalue weighted by Gasteiger charge is -2.12. The average molecular weight is 1800 g/mol. The highest BCUT2D eigenvalue weighted by molar-refractivity contribution is 7.26. The van der Waals surface area contributed by atoms with Gasteiger partial charge in [0, 0.05) is 134 Å². The lowest BCUT2D eigenvalue weighted by Crippen LogP contribution is -2.06. The van der Waals surface area contributed by atoms with E-state index in [0.717, 1.165) is 127 Å². The zero-order valence-corrected chi connectivity index (χ0v) is 75.6. The number of hydrogen-bond acceptors (Lipinski definition) is 12. The first-order valence-electron chi connectivity index (χ1n) is 46.0. The molecular weight excluding hydrogens is 1730 g/mol. The second kappa shape index (κ2) is 34.2. The van der Waals surface area contributed by atoms with Gasteiger partial charge in [-0.15, -0.1) is 22.7 Å². The summed E-state index contributed by atoms with van der Waals surface area (Å²) in [5.74, 6) is 5.68. The molecule has 0 bridgehead atoms. The Balaban J connectivity index is 0.000000107. The predicted molar refractivity (Wildman–Crippen MR) is 570 cm³/mol. The SMILES string of the molecule is c1ccc(-c2nc(-c3ccccc3)nc(-c3cccc(-n4c5ccccc5c5cc(-c6cccc7c6sc6ccccc67)ccc54)c3)n2)cc1.c1ccc(-c2nc(-c3ccccc3)nc(-n3c4ccccc4c4cc(-c5cccc6c5oc5ccccc56)ccc43)n2)cc1.c1ccc(-c2nc(-c3ccccc3)nc(-n3c4ccccc4c4cc(-c5cccc6c5sc5ccccc56)ccc43)n2)cc1. The third kappa shape index (κ3) is 14.4. The maximum absolute atomic E-state index is 6.39. The molecule has 646 valence electrons. The smallest absolute Gasteiger partial charge is 0.238 e. The molecule has 19 aromatic carbocycles. The van der Waals surface area contributed by atoms with Crippen molar-refractivity contribution in [2.75, 3.05) is 0 Å². The molecule has 0 radical (unpaired) electrons. The molecule has 0 fully saturated rings. The molecule has 0 saturated heterocycles. The Kier molecular flexibility index (Phi) is 20.0. The van der Waals surface area contributed by atoms with E-state index < -0.39 is 0 Å². The quantitative estimate of drug-likeness (QED) is 0.109. The molecule has 0 amide bonds. The Hall–Kier alpha value is -18.2. The number of thiophene rings is 2. The van der Waals surface area contributed by atoms with Gasteiger partial charge in [0.15, 0.2) is 40.8 Å². The molecule has 0 spiro atoms. The van der Waals surface area contributed by atoms with Crippen LogP contribution in [0.25, 0.3) is 258 Å². The Bertz CT molecular complexity index is 9090. The van der Waals surface area contributed by atoms with Gasteiger partial charge in [-0.05, 0) is 113 Å². The molecule has 138 heavy (non-hydrogen) atoms. The minimum absolute atomic E-state index is 0.580. The van der Waals surface area contributed by atoms with E-state index in [2.05, 4.69) is 281 Å². The van der Waals surface area contributed by atoms with Gasteiger partial charge in [0.1, 0.15) is 11.2 Å². The van der Waals surface area contributed by atoms with Crippen LogP contribution in [0.4, 0.5) is 0 Å². The van der Waals surface area contributed by atoms with E-state index in [1.54, 1.807) is 0 Å². The number of aromatic nitrogens is 12. The number of benzene rings is 19. The fraction of sp³-hybridized carbons (Fsp3) is 0. The number of furan rings is 1. The van der Waals surface area contributed by atoms with Crippen LogP contribution in [0.5, 0.6) is 0 Å². The monoisotopic (exact) mass is 1800 g/mol. The van der Waals surface area contributed by atoms with E-state index in [4.69, 9.17) is 49.3 Å². The lowest BCUT2D eigenvalue weighted by molar-refractivity contribution is 0.670. The summed E-state index contributed by atoms with van der Waals surface area (Å²) >= 11 is 3.73. The lowest BCUT2D eigenvalue weighted by atomic mass is 10.0. The highest BCUT2D eigenvalue weighted by Gasteiger charge is 2.25. The van der Waals surface area contributed by atoms with Gasteiger partial charge in [-0.3, -0.25) is 9.13 Å². The molecule has 28 rings (SSSR count). The highest BCUT2D eigenvalue weighted by atomic mass is 32.1. The Morgan fingerprint density at radius 2 is 0.457 bits per heavy atom. The molecule has 0 aliphatic rings. The molecule has 0 N–H and O–H groups in total. The second-order valence-corrected chi connectivity index (χ2v) is 36.3. The van der Waals surface area contributed by atoms with Crippen molar-refractivity contribution in [2.45, 2.75) is 0 Å². The van der Waals surface area contributed by atoms with Gasteiger partial charge in [0.2, 0.25) is 11.9 Å². The number of fused-ring (bicyclic) bond motifs is 18. The van der Waals surface area contributed by atoms with E-state index in [1.807, 2.05) is 217 Å². The van der Waals surface area contributed by atoms with Crippen LogP contribution in [0.15, 0.2) is 465 Å². The fourth-order valence-corrected chi connectivity index (χ4v) is 22.0. The Labute approximate surface area is 799 Å². The van der Waals surface area contributed by atoms with Gasteiger partial charge in [0.05, 0.1) is 33.1 Å². The van der Waals surface area contributed by atoms with Crippen LogP contribution in [0, 0.1) is 0 Å². The molecule has 13 nitrogen and oxygen atoms in total. The van der Waals surface area contributed by atoms with E-state index in [9.17, 15) is 0 Å². The van der Waals surface area contributed by atoms with Gasteiger partial charge in [-0.2, -0.15) is 19.9 Å². The van der Waals surface area contributed by atoms with Crippen LogP contribution < -0.4 is 0 Å². The minimum Gasteiger partial charge on any atom is -0.455 e. The van der Waals surface area contributed by atoms with E-state index >= 15 is 0 Å². The molecule has 9 heterocycles. The molecule has 9 aromatic heterocycles. The zero-order chi connectivity index (χ0) is 91.1. The Morgan fingerprint density at radius 1 is 0.174 bits per heavy atom. The molecule has 0 unspecified atom stereocenters. The van der Waals surface area contributed by atoms with Gasteiger partial charge < -0.3 is 8.98 Å². The van der Waals surface area contributed by atoms with Crippen LogP contribution in [-0.4, -0.2) is 58.6 Å². The average Bonchev–Trinajstić information content (AvgIpc) is 1.58. The van der Waals surface area contributed by atoms with Crippen LogP contribution in [0.2, 0.25) is 0 Å². The minimum atomic E-state index is 0.580. The highest BCUT2D eigenvalue weighted by Crippen LogP contribution is 2.47. The van der Waals surface area contributed by atoms with E-state index in [-0.39, 0.29) is 0 Å². The van der Waals surface area contributed by atoms with E-state index in [1.165, 1.54) is 78.8 Å². The third-order valence-electron chi connectivity index (χ3n) is 26.0. The van der Waals surface area contributed by atoms with Crippen LogP contribution in [-0.2, 0) is 0 Å². The summed E-state index contributed by atoms with van der Waals surface area (Å²) in [5, 5.41) is 14.5. The topological polar surface area (TPSA) is 144 Å². The predicted octanol–water partition coefficient (Wildman–Crippen LogP) is 32.2. The standard InChI is InChI=1S/C45H28N4S.C39H24N4O.C39H24N4S/c1-3-13-29(14-4-1)43-46-44(30-15-5-2-6-16-30)48-45(47-43)32-17-11-18-33(27-32)49-39-23-9-7-19-35(39)38-28-31(25-26-40(38)49)34-21-12-22-37-36-20-8-10-24-41(36)50-42(34)37;2*1-3-12-25(13-4-1)37-40-38(26-14-5-2-6-15-26)42-39(41-37)43-33-20-9-7-16-29(33)32-24-27(22-23-34(32)43)28-18-11-19-31-30-17-8-10-21-35(30)44-36(28)31/h1-28H;2*1-24H. The van der Waals surface area contributed by atoms with Crippen molar-refractivity contribution in [3.05, 3.63) is 461 Å². The molecule has 0 aliphatic carbocycles. The molecule has 0 aliphatic heterocycles. The largest absolute Gasteiger partial charge is 0.455 e. The van der Waals surface area contributed by atoms with Gasteiger partial charge >= 0.3 is 0 Å². The van der Waals surface area contributed by atoms with Gasteiger partial charge in [0.25, 0.3) is 0 Å². The molecular formula is C123H76N12OS2. The normalized spacial score (nSPS) is 11.6. The summed E-state index contributed by atoms with van der Waals surface area (Å²) in [6.07, 6.45) is 0. The molecule has 15 heteroatoms. The van der Waals surface area contributed by atoms with Gasteiger partial charge in [-0.25, -0.2) is 24.9 Å². The third-order valence-corrected chi connectivity index (χ3v) is 28.4. The molecule has 0 atom stereocenters. The fourth-order valence-electron chi connectivity index (χ4n) is 19.6. The summed E-state index contributed by atoms with van der Waals surface area (Å²) in [7, 11) is 0. The van der Waals surface area contributed by atoms with Crippen molar-refractivity contribution >= 4 is 150 Å². The first-order valence-corrected chi connectivity index (χ1v) is 47.6. The number of rotatable bonds is 13. The summed E-state index contributed by atoms with van der Waals surface area (Å²) in [5.41, 5.74) is 23.0. The number of nitrogens with zero attached hydrogens (tertiary/aromatic N) is 12. The maximum atomic E-state index is 6.39. The molecule has 0 saturated carbocycles. The first kappa shape index (κ1) is 80.7. The summed E-state index contributed by atoms with van der Waals surface area (Å²) in [6.45, 7) is 0. The second-order valence-electron chi connectivity index (χ2n) is 34.2. The van der Waals surface area contributed by atoms with Crippen molar-refractivity contribution in [2.24, 2.45) is 0 Å². The van der Waals surface area contributed by atoms with Crippen LogP contribution in [0.3, 0.4) is 0 Å². The first-order chi connectivity index (χ1) is 68.4. The van der Waals surface area contributed by atoms with Crippen molar-refractivity contribution in [1.82, 2.24) is 58.6 Å². The van der Waals surface area contributed by atoms with Crippen molar-refractivity contribution in [3.63, 3.8) is 0 Å². The number of para-hydroxylation sites is 5. The summed E-state index contributed by atoms with van der Waals surface area (Å²) < 4.78 is 18.3. The maximum Gasteiger partial charge on any atom is 0.238 e. The van der Waals surface area contributed by atoms with Crippen molar-refractivity contribution in [3.8, 4) is 131 Å². The van der Waals surface area contributed by atoms with Crippen LogP contribution in [0.1, 0.15) is 0 Å².